The molecule has 2 aromatic heterocycles. The summed E-state index contributed by atoms with van der Waals surface area (Å²) < 4.78 is 3.43. The molecule has 1 amide bonds. The molecule has 1 atom stereocenters. The van der Waals surface area contributed by atoms with E-state index in [4.69, 9.17) is 17.3 Å². The number of rotatable bonds is 5. The van der Waals surface area contributed by atoms with Crippen LogP contribution in [0.25, 0.3) is 5.69 Å². The molecule has 8 heteroatoms. The van der Waals surface area contributed by atoms with Crippen LogP contribution >= 0.6 is 11.6 Å². The molecule has 0 spiro atoms. The Kier molecular flexibility index (Phi) is 4.35. The highest BCUT2D eigenvalue weighted by Crippen LogP contribution is 2.24. The molecule has 0 saturated heterocycles. The summed E-state index contributed by atoms with van der Waals surface area (Å²) in [5, 5.41) is 9.28. The number of aromatic nitrogens is 5. The van der Waals surface area contributed by atoms with Crippen molar-refractivity contribution in [3.05, 3.63) is 58.9 Å². The average Bonchev–Trinajstić information content (AvgIpc) is 3.13. The van der Waals surface area contributed by atoms with Crippen LogP contribution in [0.2, 0.25) is 5.02 Å². The van der Waals surface area contributed by atoms with Crippen LogP contribution in [0.1, 0.15) is 30.2 Å². The van der Waals surface area contributed by atoms with Gasteiger partial charge in [0.25, 0.3) is 0 Å². The van der Waals surface area contributed by atoms with E-state index in [1.807, 2.05) is 38.2 Å². The van der Waals surface area contributed by atoms with Crippen molar-refractivity contribution in [2.24, 2.45) is 5.73 Å². The Hall–Kier alpha value is -2.67. The first-order chi connectivity index (χ1) is 11.5. The van der Waals surface area contributed by atoms with Crippen molar-refractivity contribution in [2.45, 2.75) is 26.3 Å². The monoisotopic (exact) mass is 344 g/mol. The number of benzene rings is 1. The lowest BCUT2D eigenvalue weighted by atomic mass is 10.3. The van der Waals surface area contributed by atoms with Crippen molar-refractivity contribution in [1.82, 2.24) is 24.5 Å². The van der Waals surface area contributed by atoms with Crippen LogP contribution in [0.4, 0.5) is 0 Å². The van der Waals surface area contributed by atoms with Gasteiger partial charge in [-0.05, 0) is 31.5 Å². The molecular weight excluding hydrogens is 328 g/mol. The van der Waals surface area contributed by atoms with Crippen molar-refractivity contribution in [3.63, 3.8) is 0 Å². The number of nitrogens with two attached hydrogens (primary N) is 1. The number of carbonyl (C=O) groups excluding carboxylic acids is 1. The van der Waals surface area contributed by atoms with Gasteiger partial charge in [0, 0.05) is 6.20 Å². The highest BCUT2D eigenvalue weighted by atomic mass is 35.5. The normalized spacial score (nSPS) is 12.3. The quantitative estimate of drug-likeness (QED) is 0.766. The topological polar surface area (TPSA) is 91.6 Å². The fraction of sp³-hybridized carbons (Fsp3) is 0.250. The summed E-state index contributed by atoms with van der Waals surface area (Å²) in [4.78, 5) is 15.7. The van der Waals surface area contributed by atoms with E-state index in [0.717, 1.165) is 5.56 Å². The maximum atomic E-state index is 11.2. The first-order valence-electron chi connectivity index (χ1n) is 7.45. The van der Waals surface area contributed by atoms with Crippen molar-refractivity contribution >= 4 is 17.5 Å². The molecule has 0 aliphatic rings. The second-order valence-electron chi connectivity index (χ2n) is 5.57. The van der Waals surface area contributed by atoms with Gasteiger partial charge in [0.1, 0.15) is 6.04 Å². The Balaban J connectivity index is 2.11. The molecule has 0 bridgehead atoms. The van der Waals surface area contributed by atoms with Gasteiger partial charge in [-0.25, -0.2) is 9.67 Å². The van der Waals surface area contributed by atoms with E-state index in [0.29, 0.717) is 22.4 Å². The van der Waals surface area contributed by atoms with Crippen LogP contribution in [0, 0.1) is 6.92 Å². The van der Waals surface area contributed by atoms with E-state index in [1.165, 1.54) is 0 Å². The summed E-state index contributed by atoms with van der Waals surface area (Å²) in [5.41, 5.74) is 7.00. The van der Waals surface area contributed by atoms with Crippen LogP contribution in [0.3, 0.4) is 0 Å². The summed E-state index contributed by atoms with van der Waals surface area (Å²) >= 11 is 6.30. The summed E-state index contributed by atoms with van der Waals surface area (Å²) in [6.45, 7) is 3.92. The fourth-order valence-electron chi connectivity index (χ4n) is 2.43. The Bertz CT molecular complexity index is 884. The summed E-state index contributed by atoms with van der Waals surface area (Å²) in [7, 11) is 0. The maximum absolute atomic E-state index is 11.2. The molecule has 124 valence electrons. The highest BCUT2D eigenvalue weighted by Gasteiger charge is 2.21. The molecule has 2 heterocycles. The van der Waals surface area contributed by atoms with E-state index in [2.05, 4.69) is 15.2 Å². The van der Waals surface area contributed by atoms with E-state index in [9.17, 15) is 4.79 Å². The molecule has 0 aliphatic carbocycles. The lowest BCUT2D eigenvalue weighted by Crippen LogP contribution is -2.14. The zero-order chi connectivity index (χ0) is 17.3. The molecule has 2 N–H and O–H groups in total. The highest BCUT2D eigenvalue weighted by molar-refractivity contribution is 6.32. The number of amides is 1. The first-order valence-corrected chi connectivity index (χ1v) is 7.83. The van der Waals surface area contributed by atoms with Gasteiger partial charge < -0.3 is 5.73 Å². The fourth-order valence-corrected chi connectivity index (χ4v) is 2.65. The predicted molar refractivity (Wildman–Crippen MR) is 90.0 cm³/mol. The Morgan fingerprint density at radius 3 is 2.75 bits per heavy atom. The lowest BCUT2D eigenvalue weighted by Gasteiger charge is -2.14. The third-order valence-corrected chi connectivity index (χ3v) is 3.91. The zero-order valence-electron chi connectivity index (χ0n) is 13.3. The van der Waals surface area contributed by atoms with Gasteiger partial charge in [-0.2, -0.15) is 10.2 Å². The Morgan fingerprint density at radius 2 is 2.12 bits per heavy atom. The second-order valence-corrected chi connectivity index (χ2v) is 5.97. The van der Waals surface area contributed by atoms with Crippen molar-refractivity contribution in [1.29, 1.82) is 0 Å². The van der Waals surface area contributed by atoms with Gasteiger partial charge in [0.15, 0.2) is 11.6 Å². The average molecular weight is 345 g/mol. The summed E-state index contributed by atoms with van der Waals surface area (Å²) in [6.07, 6.45) is 3.66. The van der Waals surface area contributed by atoms with Gasteiger partial charge in [0.05, 0.1) is 23.3 Å². The number of primary amides is 1. The van der Waals surface area contributed by atoms with E-state index in [1.54, 1.807) is 21.6 Å². The van der Waals surface area contributed by atoms with Gasteiger partial charge >= 0.3 is 0 Å². The second kappa shape index (κ2) is 6.45. The van der Waals surface area contributed by atoms with Gasteiger partial charge in [-0.1, -0.05) is 23.7 Å². The van der Waals surface area contributed by atoms with E-state index >= 15 is 0 Å². The van der Waals surface area contributed by atoms with E-state index < -0.39 is 5.91 Å². The molecule has 0 aliphatic heterocycles. The van der Waals surface area contributed by atoms with Crippen molar-refractivity contribution in [2.75, 3.05) is 0 Å². The minimum Gasteiger partial charge on any atom is -0.369 e. The smallest absolute Gasteiger partial charge is 0.225 e. The van der Waals surface area contributed by atoms with Crippen LogP contribution in [-0.4, -0.2) is 30.5 Å². The third kappa shape index (κ3) is 3.16. The molecule has 3 aromatic rings. The molecular formula is C16H17ClN6O. The first kappa shape index (κ1) is 16.2. The standard InChI is InChI=1S/C16H17ClN6O/c1-10-8-19-22(9-10)11(2)16-20-15(7-14(18)24)21-23(16)13-6-4-3-5-12(13)17/h3-6,8-9,11H,7H2,1-2H3,(H2,18,24). The van der Waals surface area contributed by atoms with E-state index in [-0.39, 0.29) is 12.5 Å². The molecule has 7 nitrogen and oxygen atoms in total. The predicted octanol–water partition coefficient (Wildman–Crippen LogP) is 2.06. The summed E-state index contributed by atoms with van der Waals surface area (Å²) in [6, 6.07) is 7.13. The van der Waals surface area contributed by atoms with Crippen molar-refractivity contribution < 1.29 is 4.79 Å². The Morgan fingerprint density at radius 1 is 1.38 bits per heavy atom. The van der Waals surface area contributed by atoms with Crippen molar-refractivity contribution in [3.8, 4) is 5.69 Å². The molecule has 24 heavy (non-hydrogen) atoms. The number of halogens is 1. The number of nitrogens with zero attached hydrogens (tertiary/aromatic N) is 5. The van der Waals surface area contributed by atoms with Crippen LogP contribution in [0.5, 0.6) is 0 Å². The third-order valence-electron chi connectivity index (χ3n) is 3.59. The Labute approximate surface area is 144 Å². The number of para-hydroxylation sites is 1. The minimum atomic E-state index is -0.486. The minimum absolute atomic E-state index is 0.0324. The summed E-state index contributed by atoms with van der Waals surface area (Å²) in [5.74, 6) is 0.496. The number of hydrogen-bond donors (Lipinski definition) is 1. The number of carbonyl (C=O) groups is 1. The maximum Gasteiger partial charge on any atom is 0.225 e. The van der Waals surface area contributed by atoms with Crippen LogP contribution in [0.15, 0.2) is 36.7 Å². The molecule has 1 aromatic carbocycles. The largest absolute Gasteiger partial charge is 0.369 e. The van der Waals surface area contributed by atoms with Gasteiger partial charge in [-0.15, -0.1) is 0 Å². The molecule has 3 rings (SSSR count). The lowest BCUT2D eigenvalue weighted by molar-refractivity contribution is -0.117. The molecule has 0 radical (unpaired) electrons. The van der Waals surface area contributed by atoms with Crippen LogP contribution < -0.4 is 5.73 Å². The number of aryl methyl sites for hydroxylation is 1. The van der Waals surface area contributed by atoms with Gasteiger partial charge in [0.2, 0.25) is 5.91 Å². The molecule has 0 saturated carbocycles. The SMILES string of the molecule is Cc1cnn(C(C)c2nc(CC(N)=O)nn2-c2ccccc2Cl)c1. The molecule has 0 fully saturated rings. The number of hydrogen-bond acceptors (Lipinski definition) is 4. The molecule has 1 unspecified atom stereocenters. The van der Waals surface area contributed by atoms with Crippen LogP contribution in [-0.2, 0) is 11.2 Å². The van der Waals surface area contributed by atoms with Gasteiger partial charge in [-0.3, -0.25) is 9.48 Å². The zero-order valence-corrected chi connectivity index (χ0v) is 14.1.